The van der Waals surface area contributed by atoms with E-state index in [1.807, 2.05) is 0 Å². The third-order valence-corrected chi connectivity index (χ3v) is 4.08. The van der Waals surface area contributed by atoms with Crippen molar-refractivity contribution in [1.82, 2.24) is 0 Å². The largest absolute Gasteiger partial charge is 0.0732 e. The molecule has 1 aliphatic rings. The van der Waals surface area contributed by atoms with Crippen LogP contribution >= 0.6 is 0 Å². The average Bonchev–Trinajstić information content (AvgIpc) is 2.38. The molecule has 0 spiro atoms. The fourth-order valence-electron chi connectivity index (χ4n) is 3.03. The van der Waals surface area contributed by atoms with Crippen molar-refractivity contribution in [1.29, 1.82) is 0 Å². The Morgan fingerprint density at radius 3 is 2.17 bits per heavy atom. The first-order valence-electron chi connectivity index (χ1n) is 7.00. The predicted octanol–water partition coefficient (Wildman–Crippen LogP) is 3.47. The van der Waals surface area contributed by atoms with Crippen LogP contribution in [0.4, 0.5) is 0 Å². The van der Waals surface area contributed by atoms with Gasteiger partial charge in [0.15, 0.2) is 0 Å². The quantitative estimate of drug-likeness (QED) is 0.749. The van der Waals surface area contributed by atoms with Gasteiger partial charge in [-0.15, -0.1) is 0 Å². The number of hydrogen-bond donors (Lipinski definition) is 0. The molecule has 2 aromatic rings. The molecule has 0 bridgehead atoms. The van der Waals surface area contributed by atoms with Gasteiger partial charge in [-0.3, -0.25) is 0 Å². The van der Waals surface area contributed by atoms with Crippen molar-refractivity contribution in [3.8, 4) is 0 Å². The maximum absolute atomic E-state index is 2.48. The molecule has 0 heterocycles. The molecule has 0 fully saturated rings. The maximum atomic E-state index is 2.48. The van der Waals surface area contributed by atoms with E-state index >= 15 is 0 Å². The summed E-state index contributed by atoms with van der Waals surface area (Å²) >= 11 is 0. The molecule has 2 unspecified atom stereocenters. The van der Waals surface area contributed by atoms with Gasteiger partial charge in [0.1, 0.15) is 0 Å². The topological polar surface area (TPSA) is 0 Å². The number of benzene rings is 2. The minimum atomic E-state index is 0.665. The van der Waals surface area contributed by atoms with Gasteiger partial charge in [0.2, 0.25) is 0 Å². The number of hydrogen-bond acceptors (Lipinski definition) is 0. The first kappa shape index (κ1) is 11.5. The van der Waals surface area contributed by atoms with Crippen molar-refractivity contribution in [2.24, 2.45) is 11.8 Å². The van der Waals surface area contributed by atoms with Crippen molar-refractivity contribution >= 4 is 22.9 Å². The molecule has 0 N–H and O–H groups in total. The van der Waals surface area contributed by atoms with E-state index in [9.17, 15) is 0 Å². The smallest absolute Gasteiger partial charge is 0.0164 e. The molecule has 2 atom stereocenters. The highest BCUT2D eigenvalue weighted by Gasteiger charge is 2.14. The van der Waals surface area contributed by atoms with E-state index in [4.69, 9.17) is 0 Å². The maximum Gasteiger partial charge on any atom is -0.0164 e. The van der Waals surface area contributed by atoms with Crippen molar-refractivity contribution in [3.05, 3.63) is 46.8 Å². The molecule has 0 aliphatic heterocycles. The van der Waals surface area contributed by atoms with Gasteiger partial charge in [-0.1, -0.05) is 56.7 Å². The van der Waals surface area contributed by atoms with E-state index in [0.29, 0.717) is 11.8 Å². The van der Waals surface area contributed by atoms with E-state index < -0.39 is 0 Å². The summed E-state index contributed by atoms with van der Waals surface area (Å²) in [5.74, 6) is 1.38. The van der Waals surface area contributed by atoms with Gasteiger partial charge >= 0.3 is 0 Å². The van der Waals surface area contributed by atoms with Crippen LogP contribution in [0.1, 0.15) is 26.7 Å². The fourth-order valence-corrected chi connectivity index (χ4v) is 3.03. The van der Waals surface area contributed by atoms with Gasteiger partial charge in [0, 0.05) is 0 Å². The molecule has 2 aromatic carbocycles. The first-order valence-corrected chi connectivity index (χ1v) is 7.00. The minimum absolute atomic E-state index is 0.665. The van der Waals surface area contributed by atoms with Crippen molar-refractivity contribution in [2.75, 3.05) is 0 Å². The molecule has 0 saturated carbocycles. The minimum Gasteiger partial charge on any atom is -0.0732 e. The lowest BCUT2D eigenvalue weighted by atomic mass is 9.84. The molecule has 0 amide bonds. The first-order chi connectivity index (χ1) is 8.78. The molecular formula is C18H20. The van der Waals surface area contributed by atoms with Gasteiger partial charge in [0.05, 0.1) is 0 Å². The zero-order valence-corrected chi connectivity index (χ0v) is 11.2. The summed E-state index contributed by atoms with van der Waals surface area (Å²) in [6.45, 7) is 4.62. The third kappa shape index (κ3) is 1.96. The van der Waals surface area contributed by atoms with Crippen LogP contribution in [0, 0.1) is 11.8 Å². The number of fused-ring (bicyclic) bond motifs is 2. The second-order valence-electron chi connectivity index (χ2n) is 5.47. The van der Waals surface area contributed by atoms with E-state index in [0.717, 1.165) is 0 Å². The summed E-state index contributed by atoms with van der Waals surface area (Å²) in [6.07, 6.45) is 7.49. The lowest BCUT2D eigenvalue weighted by Crippen LogP contribution is -2.32. The molecule has 0 heteroatoms. The molecule has 0 aromatic heterocycles. The van der Waals surface area contributed by atoms with E-state index in [1.54, 1.807) is 0 Å². The average molecular weight is 236 g/mol. The molecule has 3 rings (SSSR count). The van der Waals surface area contributed by atoms with E-state index in [1.165, 1.54) is 34.1 Å². The van der Waals surface area contributed by atoms with Crippen LogP contribution in [0.2, 0.25) is 0 Å². The Kier molecular flexibility index (Phi) is 2.95. The van der Waals surface area contributed by atoms with Crippen molar-refractivity contribution < 1.29 is 0 Å². The summed E-state index contributed by atoms with van der Waals surface area (Å²) in [6, 6.07) is 13.3. The van der Waals surface area contributed by atoms with Crippen molar-refractivity contribution in [2.45, 2.75) is 26.7 Å². The monoisotopic (exact) mass is 236 g/mol. The van der Waals surface area contributed by atoms with Gasteiger partial charge < -0.3 is 0 Å². The standard InChI is InChI=1S/C18H20/c1-3-6-14-10-18-12-16-8-5-4-7-15(16)11-17(18)9-13(14)2/h4-5,7-14H,3,6H2,1-2H3. The lowest BCUT2D eigenvalue weighted by molar-refractivity contribution is 0.510. The molecule has 0 radical (unpaired) electrons. The molecule has 1 aliphatic carbocycles. The highest BCUT2D eigenvalue weighted by atomic mass is 14.2. The van der Waals surface area contributed by atoms with Crippen LogP contribution in [0.25, 0.3) is 22.9 Å². The molecule has 92 valence electrons. The Morgan fingerprint density at radius 2 is 1.56 bits per heavy atom. The molecule has 0 nitrogen and oxygen atoms in total. The Bertz CT molecular complexity index is 679. The Balaban J connectivity index is 2.22. The normalized spacial score (nSPS) is 22.1. The Morgan fingerprint density at radius 1 is 0.944 bits per heavy atom. The Hall–Kier alpha value is -1.56. The fraction of sp³-hybridized carbons (Fsp3) is 0.333. The van der Waals surface area contributed by atoms with Gasteiger partial charge in [0.25, 0.3) is 0 Å². The van der Waals surface area contributed by atoms with Crippen LogP contribution in [-0.4, -0.2) is 0 Å². The summed E-state index contributed by atoms with van der Waals surface area (Å²) in [5.41, 5.74) is 0. The number of rotatable bonds is 2. The van der Waals surface area contributed by atoms with Crippen LogP contribution in [0.3, 0.4) is 0 Å². The van der Waals surface area contributed by atoms with Crippen LogP contribution < -0.4 is 10.4 Å². The predicted molar refractivity (Wildman–Crippen MR) is 79.7 cm³/mol. The highest BCUT2D eigenvalue weighted by molar-refractivity contribution is 5.83. The zero-order chi connectivity index (χ0) is 12.5. The summed E-state index contributed by atoms with van der Waals surface area (Å²) in [4.78, 5) is 0. The van der Waals surface area contributed by atoms with Gasteiger partial charge in [-0.25, -0.2) is 0 Å². The SMILES string of the molecule is CCCC1C=c2cc3ccccc3cc2=CC1C. The van der Waals surface area contributed by atoms with Crippen LogP contribution in [0.5, 0.6) is 0 Å². The van der Waals surface area contributed by atoms with E-state index in [2.05, 4.69) is 62.4 Å². The Labute approximate surface area is 109 Å². The molecule has 0 saturated heterocycles. The van der Waals surface area contributed by atoms with Gasteiger partial charge in [-0.05, 0) is 51.6 Å². The van der Waals surface area contributed by atoms with E-state index in [-0.39, 0.29) is 0 Å². The summed E-state index contributed by atoms with van der Waals surface area (Å²) < 4.78 is 0. The van der Waals surface area contributed by atoms with Crippen LogP contribution in [-0.2, 0) is 0 Å². The summed E-state index contributed by atoms with van der Waals surface area (Å²) in [5, 5.41) is 5.53. The third-order valence-electron chi connectivity index (χ3n) is 4.08. The second kappa shape index (κ2) is 4.61. The van der Waals surface area contributed by atoms with Crippen LogP contribution in [0.15, 0.2) is 36.4 Å². The van der Waals surface area contributed by atoms with Gasteiger partial charge in [-0.2, -0.15) is 0 Å². The zero-order valence-electron chi connectivity index (χ0n) is 11.2. The molecule has 18 heavy (non-hydrogen) atoms. The lowest BCUT2D eigenvalue weighted by Gasteiger charge is -2.20. The molecular weight excluding hydrogens is 216 g/mol. The summed E-state index contributed by atoms with van der Waals surface area (Å²) in [7, 11) is 0. The highest BCUT2D eigenvalue weighted by Crippen LogP contribution is 2.22. The second-order valence-corrected chi connectivity index (χ2v) is 5.47. The van der Waals surface area contributed by atoms with Crippen molar-refractivity contribution in [3.63, 3.8) is 0 Å².